The Morgan fingerprint density at radius 1 is 1.63 bits per heavy atom. The molecule has 0 spiro atoms. The second-order valence-corrected chi connectivity index (χ2v) is 4.80. The molecule has 0 bridgehead atoms. The molecular formula is C12H15N3O4. The Morgan fingerprint density at radius 2 is 2.32 bits per heavy atom. The maximum absolute atomic E-state index is 11.0. The van der Waals surface area contributed by atoms with Gasteiger partial charge in [-0.15, -0.1) is 0 Å². The van der Waals surface area contributed by atoms with Crippen molar-refractivity contribution in [3.05, 3.63) is 27.9 Å². The van der Waals surface area contributed by atoms with Gasteiger partial charge in [-0.25, -0.2) is 9.78 Å². The van der Waals surface area contributed by atoms with Crippen molar-refractivity contribution in [2.45, 2.75) is 19.3 Å². The van der Waals surface area contributed by atoms with Gasteiger partial charge >= 0.3 is 11.7 Å². The number of anilines is 1. The second kappa shape index (κ2) is 5.21. The van der Waals surface area contributed by atoms with Crippen LogP contribution in [-0.2, 0) is 0 Å². The summed E-state index contributed by atoms with van der Waals surface area (Å²) in [6.45, 7) is 0.796. The Kier molecular flexibility index (Phi) is 3.64. The average Bonchev–Trinajstić information content (AvgIpc) is 2.32. The summed E-state index contributed by atoms with van der Waals surface area (Å²) in [6.07, 6.45) is 4.58. The summed E-state index contributed by atoms with van der Waals surface area (Å²) in [5.74, 6) is -0.252. The minimum Gasteiger partial charge on any atom is -0.477 e. The van der Waals surface area contributed by atoms with Gasteiger partial charge in [0.15, 0.2) is 0 Å². The Labute approximate surface area is 110 Å². The van der Waals surface area contributed by atoms with Crippen molar-refractivity contribution in [1.29, 1.82) is 0 Å². The van der Waals surface area contributed by atoms with Crippen LogP contribution in [0.5, 0.6) is 0 Å². The lowest BCUT2D eigenvalue weighted by Gasteiger charge is -2.30. The van der Waals surface area contributed by atoms with Crippen LogP contribution in [0.25, 0.3) is 0 Å². The van der Waals surface area contributed by atoms with Crippen molar-refractivity contribution in [2.24, 2.45) is 5.92 Å². The zero-order valence-corrected chi connectivity index (χ0v) is 10.6. The van der Waals surface area contributed by atoms with Gasteiger partial charge in [0, 0.05) is 19.7 Å². The first-order chi connectivity index (χ1) is 8.99. The van der Waals surface area contributed by atoms with Gasteiger partial charge < -0.3 is 10.0 Å². The molecule has 0 aromatic carbocycles. The van der Waals surface area contributed by atoms with E-state index in [2.05, 4.69) is 4.98 Å². The third kappa shape index (κ3) is 2.81. The number of carboxylic acids is 1. The molecule has 0 saturated heterocycles. The smallest absolute Gasteiger partial charge is 0.342 e. The molecule has 1 heterocycles. The van der Waals surface area contributed by atoms with E-state index in [1.807, 2.05) is 11.9 Å². The molecule has 1 saturated carbocycles. The topological polar surface area (TPSA) is 96.6 Å². The molecule has 1 aliphatic carbocycles. The molecule has 7 heteroatoms. The molecule has 1 aliphatic rings. The highest BCUT2D eigenvalue weighted by atomic mass is 16.6. The third-order valence-electron chi connectivity index (χ3n) is 3.44. The van der Waals surface area contributed by atoms with E-state index in [1.54, 1.807) is 0 Å². The second-order valence-electron chi connectivity index (χ2n) is 4.80. The van der Waals surface area contributed by atoms with E-state index >= 15 is 0 Å². The number of hydrogen-bond donors (Lipinski definition) is 1. The number of aromatic carboxylic acids is 1. The highest BCUT2D eigenvalue weighted by Crippen LogP contribution is 2.29. The lowest BCUT2D eigenvalue weighted by Crippen LogP contribution is -2.30. The molecule has 0 unspecified atom stereocenters. The number of hydrogen-bond acceptors (Lipinski definition) is 5. The summed E-state index contributed by atoms with van der Waals surface area (Å²) in [5, 5.41) is 19.7. The third-order valence-corrected chi connectivity index (χ3v) is 3.44. The Hall–Kier alpha value is -2.18. The van der Waals surface area contributed by atoms with Crippen LogP contribution < -0.4 is 4.90 Å². The number of aromatic nitrogens is 1. The number of carbonyl (C=O) groups is 1. The van der Waals surface area contributed by atoms with E-state index in [1.165, 1.54) is 25.3 Å². The number of carboxylic acid groups (broad SMARTS) is 1. The van der Waals surface area contributed by atoms with E-state index in [9.17, 15) is 14.9 Å². The predicted molar refractivity (Wildman–Crippen MR) is 68.5 cm³/mol. The van der Waals surface area contributed by atoms with Crippen molar-refractivity contribution >= 4 is 17.5 Å². The Bertz CT molecular complexity index is 514. The van der Waals surface area contributed by atoms with Gasteiger partial charge in [0.2, 0.25) is 0 Å². The normalized spacial score (nSPS) is 14.8. The average molecular weight is 265 g/mol. The molecule has 0 aliphatic heterocycles. The monoisotopic (exact) mass is 265 g/mol. The van der Waals surface area contributed by atoms with Crippen molar-refractivity contribution in [2.75, 3.05) is 18.5 Å². The number of rotatable bonds is 5. The number of nitro groups is 1. The maximum atomic E-state index is 11.0. The zero-order valence-electron chi connectivity index (χ0n) is 10.6. The van der Waals surface area contributed by atoms with Crippen LogP contribution in [0.4, 0.5) is 11.5 Å². The standard InChI is InChI=1S/C12H15N3O4/c1-14(7-8-3-2-4-8)11-5-9(12(16)17)10(6-13-11)15(18)19/h5-6,8H,2-4,7H2,1H3,(H,16,17). The summed E-state index contributed by atoms with van der Waals surface area (Å²) in [5.41, 5.74) is -0.802. The van der Waals surface area contributed by atoms with Crippen LogP contribution >= 0.6 is 0 Å². The summed E-state index contributed by atoms with van der Waals surface area (Å²) < 4.78 is 0. The predicted octanol–water partition coefficient (Wildman–Crippen LogP) is 1.92. The van der Waals surface area contributed by atoms with Crippen LogP contribution in [0.15, 0.2) is 12.3 Å². The molecule has 19 heavy (non-hydrogen) atoms. The van der Waals surface area contributed by atoms with E-state index in [-0.39, 0.29) is 5.56 Å². The van der Waals surface area contributed by atoms with Gasteiger partial charge in [-0.1, -0.05) is 6.42 Å². The van der Waals surface area contributed by atoms with Gasteiger partial charge in [0.05, 0.1) is 4.92 Å². The molecule has 1 fully saturated rings. The van der Waals surface area contributed by atoms with E-state index in [0.29, 0.717) is 11.7 Å². The van der Waals surface area contributed by atoms with Crippen molar-refractivity contribution in [3.8, 4) is 0 Å². The fourth-order valence-corrected chi connectivity index (χ4v) is 2.12. The molecule has 0 radical (unpaired) electrons. The maximum Gasteiger partial charge on any atom is 0.342 e. The molecule has 1 aromatic rings. The summed E-state index contributed by atoms with van der Waals surface area (Å²) in [4.78, 5) is 26.9. The number of nitrogens with zero attached hydrogens (tertiary/aromatic N) is 3. The Morgan fingerprint density at radius 3 is 2.79 bits per heavy atom. The molecule has 1 aromatic heterocycles. The van der Waals surface area contributed by atoms with Gasteiger partial charge in [0.25, 0.3) is 0 Å². The lowest BCUT2D eigenvalue weighted by molar-refractivity contribution is -0.385. The highest BCUT2D eigenvalue weighted by Gasteiger charge is 2.24. The van der Waals surface area contributed by atoms with Crippen LogP contribution in [0.2, 0.25) is 0 Å². The molecule has 0 amide bonds. The first kappa shape index (κ1) is 13.3. The highest BCUT2D eigenvalue weighted by molar-refractivity contribution is 5.93. The van der Waals surface area contributed by atoms with E-state index in [0.717, 1.165) is 12.7 Å². The van der Waals surface area contributed by atoms with Gasteiger partial charge in [-0.2, -0.15) is 0 Å². The zero-order chi connectivity index (χ0) is 14.0. The summed E-state index contributed by atoms with van der Waals surface area (Å²) in [6, 6.07) is 1.26. The van der Waals surface area contributed by atoms with Gasteiger partial charge in [-0.05, 0) is 18.8 Å². The molecule has 0 atom stereocenters. The lowest BCUT2D eigenvalue weighted by atomic mass is 9.85. The fraction of sp³-hybridized carbons (Fsp3) is 0.500. The fourth-order valence-electron chi connectivity index (χ4n) is 2.12. The van der Waals surface area contributed by atoms with Crippen molar-refractivity contribution in [1.82, 2.24) is 4.98 Å². The van der Waals surface area contributed by atoms with Crippen LogP contribution in [0.3, 0.4) is 0 Å². The van der Waals surface area contributed by atoms with Crippen LogP contribution in [0.1, 0.15) is 29.6 Å². The number of pyridine rings is 1. The molecule has 7 nitrogen and oxygen atoms in total. The summed E-state index contributed by atoms with van der Waals surface area (Å²) >= 11 is 0. The quantitative estimate of drug-likeness (QED) is 0.645. The van der Waals surface area contributed by atoms with Gasteiger partial charge in [-0.3, -0.25) is 10.1 Å². The first-order valence-corrected chi connectivity index (χ1v) is 6.08. The van der Waals surface area contributed by atoms with Crippen LogP contribution in [0, 0.1) is 16.0 Å². The van der Waals surface area contributed by atoms with E-state index in [4.69, 9.17) is 5.11 Å². The summed E-state index contributed by atoms with van der Waals surface area (Å²) in [7, 11) is 1.82. The minimum atomic E-state index is -1.31. The molecule has 1 N–H and O–H groups in total. The largest absolute Gasteiger partial charge is 0.477 e. The van der Waals surface area contributed by atoms with E-state index < -0.39 is 16.6 Å². The van der Waals surface area contributed by atoms with Crippen molar-refractivity contribution in [3.63, 3.8) is 0 Å². The molecular weight excluding hydrogens is 250 g/mol. The van der Waals surface area contributed by atoms with Gasteiger partial charge in [0.1, 0.15) is 17.6 Å². The van der Waals surface area contributed by atoms with Crippen molar-refractivity contribution < 1.29 is 14.8 Å². The Balaban J connectivity index is 2.23. The molecule has 2 rings (SSSR count). The van der Waals surface area contributed by atoms with Crippen LogP contribution in [-0.4, -0.2) is 34.6 Å². The minimum absolute atomic E-state index is 0.324. The molecule has 102 valence electrons. The SMILES string of the molecule is CN(CC1CCC1)c1cc(C(=O)O)c([N+](=O)[O-])cn1. The first-order valence-electron chi connectivity index (χ1n) is 6.08.